The Morgan fingerprint density at radius 3 is 1.60 bits per heavy atom. The Hall–Kier alpha value is -4.37. The van der Waals surface area contributed by atoms with Crippen LogP contribution in [0.5, 0.6) is 0 Å². The van der Waals surface area contributed by atoms with Gasteiger partial charge in [-0.15, -0.1) is 11.3 Å². The summed E-state index contributed by atoms with van der Waals surface area (Å²) in [6.45, 7) is 9.37. The normalized spacial score (nSPS) is 15.1. The molecule has 0 amide bonds. The molecule has 2 aliphatic carbocycles. The molecule has 0 unspecified atom stereocenters. The molecule has 218 valence electrons. The van der Waals surface area contributed by atoms with Crippen LogP contribution in [0.2, 0.25) is 5.02 Å². The highest BCUT2D eigenvalue weighted by atomic mass is 35.5. The number of nitrogens with zero attached hydrogens (tertiary/aromatic N) is 1. The Bertz CT molecular complexity index is 2250. The molecule has 0 atom stereocenters. The van der Waals surface area contributed by atoms with E-state index in [1.54, 1.807) is 11.3 Å². The highest BCUT2D eigenvalue weighted by Gasteiger charge is 2.37. The molecule has 7 aromatic rings. The van der Waals surface area contributed by atoms with Crippen molar-refractivity contribution in [1.82, 2.24) is 0 Å². The zero-order valence-electron chi connectivity index (χ0n) is 25.8. The van der Waals surface area contributed by atoms with Crippen molar-refractivity contribution in [3.63, 3.8) is 0 Å². The molecule has 0 bridgehead atoms. The average Bonchev–Trinajstić information content (AvgIpc) is 3.61. The summed E-state index contributed by atoms with van der Waals surface area (Å²) in [4.78, 5) is 2.43. The van der Waals surface area contributed by atoms with E-state index in [4.69, 9.17) is 11.6 Å². The predicted octanol–water partition coefficient (Wildman–Crippen LogP) is 12.8. The van der Waals surface area contributed by atoms with Crippen LogP contribution in [0.1, 0.15) is 49.9 Å². The quantitative estimate of drug-likeness (QED) is 0.191. The van der Waals surface area contributed by atoms with Crippen LogP contribution in [0.3, 0.4) is 0 Å². The lowest BCUT2D eigenvalue weighted by Gasteiger charge is -2.28. The highest BCUT2D eigenvalue weighted by Crippen LogP contribution is 2.53. The molecule has 3 heteroatoms. The molecule has 0 radical (unpaired) electrons. The van der Waals surface area contributed by atoms with Gasteiger partial charge in [-0.3, -0.25) is 0 Å². The van der Waals surface area contributed by atoms with E-state index in [2.05, 4.69) is 142 Å². The SMILES string of the molecule is CC1(C)c2ccccc2-c2cc(N(c3ccc4c(c3)-c3ccccc3C4(C)C)c3ccc4sc5cccc(Cl)c5c4c3)ccc21. The summed E-state index contributed by atoms with van der Waals surface area (Å²) in [5, 5.41) is 3.13. The van der Waals surface area contributed by atoms with Crippen LogP contribution in [0, 0.1) is 0 Å². The molecule has 1 heterocycles. The second-order valence-electron chi connectivity index (χ2n) is 13.5. The van der Waals surface area contributed by atoms with Crippen molar-refractivity contribution >= 4 is 60.2 Å². The van der Waals surface area contributed by atoms with E-state index < -0.39 is 0 Å². The smallest absolute Gasteiger partial charge is 0.0499 e. The molecular formula is C42H32ClNS. The minimum absolute atomic E-state index is 0.0383. The van der Waals surface area contributed by atoms with Crippen molar-refractivity contribution in [2.45, 2.75) is 38.5 Å². The molecule has 0 saturated carbocycles. The van der Waals surface area contributed by atoms with Gasteiger partial charge in [0.1, 0.15) is 0 Å². The molecule has 1 nitrogen and oxygen atoms in total. The van der Waals surface area contributed by atoms with Crippen molar-refractivity contribution < 1.29 is 0 Å². The summed E-state index contributed by atoms with van der Waals surface area (Å²) < 4.78 is 2.46. The van der Waals surface area contributed by atoms with Gasteiger partial charge in [0.05, 0.1) is 0 Å². The minimum atomic E-state index is -0.0383. The minimum Gasteiger partial charge on any atom is -0.310 e. The van der Waals surface area contributed by atoms with Crippen LogP contribution in [-0.2, 0) is 10.8 Å². The number of rotatable bonds is 3. The van der Waals surface area contributed by atoms with Crippen molar-refractivity contribution in [2.24, 2.45) is 0 Å². The largest absolute Gasteiger partial charge is 0.310 e. The molecular weight excluding hydrogens is 586 g/mol. The zero-order chi connectivity index (χ0) is 30.7. The third kappa shape index (κ3) is 3.73. The van der Waals surface area contributed by atoms with Gasteiger partial charge in [-0.1, -0.05) is 106 Å². The highest BCUT2D eigenvalue weighted by molar-refractivity contribution is 7.26. The van der Waals surface area contributed by atoms with Gasteiger partial charge >= 0.3 is 0 Å². The van der Waals surface area contributed by atoms with Crippen molar-refractivity contribution in [1.29, 1.82) is 0 Å². The molecule has 0 saturated heterocycles. The van der Waals surface area contributed by atoms with Crippen LogP contribution in [-0.4, -0.2) is 0 Å². The van der Waals surface area contributed by atoms with Crippen LogP contribution < -0.4 is 4.90 Å². The first-order valence-corrected chi connectivity index (χ1v) is 16.8. The monoisotopic (exact) mass is 617 g/mol. The van der Waals surface area contributed by atoms with Gasteiger partial charge in [0.2, 0.25) is 0 Å². The molecule has 0 fully saturated rings. The maximum Gasteiger partial charge on any atom is 0.0499 e. The standard InChI is InChI=1S/C42H32ClNS/c1-41(2)33-12-7-5-10-28(33)30-22-25(16-19-35(30)41)44(27-18-21-38-32(24-27)40-37(43)14-9-15-39(40)45-38)26-17-20-36-31(23-26)29-11-6-8-13-34(29)42(36,3)4/h5-24H,1-4H3. The summed E-state index contributed by atoms with van der Waals surface area (Å²) in [6.07, 6.45) is 0. The lowest BCUT2D eigenvalue weighted by Crippen LogP contribution is -2.16. The second kappa shape index (κ2) is 9.33. The zero-order valence-corrected chi connectivity index (χ0v) is 27.4. The number of thiophene rings is 1. The number of benzene rings is 6. The number of fused-ring (bicyclic) bond motifs is 9. The van der Waals surface area contributed by atoms with Gasteiger partial charge < -0.3 is 4.90 Å². The van der Waals surface area contributed by atoms with Gasteiger partial charge in [0.25, 0.3) is 0 Å². The summed E-state index contributed by atoms with van der Waals surface area (Å²) >= 11 is 8.61. The van der Waals surface area contributed by atoms with E-state index in [-0.39, 0.29) is 10.8 Å². The van der Waals surface area contributed by atoms with Crippen molar-refractivity contribution in [3.8, 4) is 22.3 Å². The van der Waals surface area contributed by atoms with Crippen LogP contribution in [0.15, 0.2) is 121 Å². The summed E-state index contributed by atoms with van der Waals surface area (Å²) in [7, 11) is 0. The first kappa shape index (κ1) is 27.0. The fraction of sp³-hybridized carbons (Fsp3) is 0.143. The van der Waals surface area contributed by atoms with Gasteiger partial charge in [0.15, 0.2) is 0 Å². The number of hydrogen-bond donors (Lipinski definition) is 0. The van der Waals surface area contributed by atoms with Crippen LogP contribution in [0.4, 0.5) is 17.1 Å². The van der Waals surface area contributed by atoms with E-state index >= 15 is 0 Å². The van der Waals surface area contributed by atoms with E-state index in [0.717, 1.165) is 27.5 Å². The third-order valence-corrected chi connectivity index (χ3v) is 11.8. The molecule has 9 rings (SSSR count). The van der Waals surface area contributed by atoms with Crippen molar-refractivity contribution in [3.05, 3.63) is 149 Å². The predicted molar refractivity (Wildman–Crippen MR) is 194 cm³/mol. The fourth-order valence-corrected chi connectivity index (χ4v) is 9.50. The third-order valence-electron chi connectivity index (χ3n) is 10.3. The first-order chi connectivity index (χ1) is 21.7. The maximum atomic E-state index is 6.81. The van der Waals surface area contributed by atoms with Gasteiger partial charge in [-0.05, 0) is 99.1 Å². The van der Waals surface area contributed by atoms with Gasteiger partial charge in [-0.25, -0.2) is 0 Å². The molecule has 0 spiro atoms. The Morgan fingerprint density at radius 1 is 0.489 bits per heavy atom. The summed E-state index contributed by atoms with van der Waals surface area (Å²) in [5.74, 6) is 0. The molecule has 1 aromatic heterocycles. The van der Waals surface area contributed by atoms with Crippen molar-refractivity contribution in [2.75, 3.05) is 4.90 Å². The number of halogens is 1. The fourth-order valence-electron chi connectivity index (χ4n) is 8.05. The Labute approximate surface area is 273 Å². The lowest BCUT2D eigenvalue weighted by atomic mass is 9.82. The Kier molecular flexibility index (Phi) is 5.59. The maximum absolute atomic E-state index is 6.81. The van der Waals surface area contributed by atoms with E-state index in [0.29, 0.717) is 0 Å². The Balaban J connectivity index is 1.30. The van der Waals surface area contributed by atoms with Gasteiger partial charge in [-0.2, -0.15) is 0 Å². The topological polar surface area (TPSA) is 3.24 Å². The summed E-state index contributed by atoms with van der Waals surface area (Å²) in [6, 6.07) is 44.9. The molecule has 0 N–H and O–H groups in total. The number of anilines is 3. The first-order valence-electron chi connectivity index (χ1n) is 15.6. The van der Waals surface area contributed by atoms with Gasteiger partial charge in [0, 0.05) is 53.1 Å². The molecule has 0 aliphatic heterocycles. The Morgan fingerprint density at radius 2 is 1.00 bits per heavy atom. The molecule has 45 heavy (non-hydrogen) atoms. The van der Waals surface area contributed by atoms with E-state index in [9.17, 15) is 0 Å². The van der Waals surface area contributed by atoms with E-state index in [1.165, 1.54) is 59.3 Å². The second-order valence-corrected chi connectivity index (χ2v) is 15.0. The average molecular weight is 618 g/mol. The van der Waals surface area contributed by atoms with Crippen LogP contribution in [0.25, 0.3) is 42.4 Å². The summed E-state index contributed by atoms with van der Waals surface area (Å²) in [5.41, 5.74) is 14.2. The van der Waals surface area contributed by atoms with Crippen LogP contribution >= 0.6 is 22.9 Å². The lowest BCUT2D eigenvalue weighted by molar-refractivity contribution is 0.660. The van der Waals surface area contributed by atoms with E-state index in [1.807, 2.05) is 12.1 Å². The molecule has 2 aliphatic rings. The molecule has 6 aromatic carbocycles. The number of hydrogen-bond acceptors (Lipinski definition) is 2.